The molecule has 1 heterocycles. The van der Waals surface area contributed by atoms with Crippen molar-refractivity contribution in [1.82, 2.24) is 0 Å². The van der Waals surface area contributed by atoms with Crippen LogP contribution in [-0.2, 0) is 27.1 Å². The van der Waals surface area contributed by atoms with Crippen LogP contribution in [0.3, 0.4) is 0 Å². The molecule has 0 aliphatic heterocycles. The third-order valence-corrected chi connectivity index (χ3v) is 4.84. The molecular weight excluding hydrogens is 328 g/mol. The summed E-state index contributed by atoms with van der Waals surface area (Å²) in [7, 11) is 0. The second-order valence-electron chi connectivity index (χ2n) is 5.17. The lowest BCUT2D eigenvalue weighted by molar-refractivity contribution is -0.138. The Morgan fingerprint density at radius 1 is 1.25 bits per heavy atom. The first-order chi connectivity index (χ1) is 11.6. The van der Waals surface area contributed by atoms with Gasteiger partial charge in [0.15, 0.2) is 5.57 Å². The molecule has 6 nitrogen and oxygen atoms in total. The number of nitrogens with one attached hydrogen (secondary N) is 1. The molecule has 0 radical (unpaired) electrons. The average molecular weight is 348 g/mol. The highest BCUT2D eigenvalue weighted by Gasteiger charge is 2.26. The summed E-state index contributed by atoms with van der Waals surface area (Å²) in [5.74, 6) is -1.06. The van der Waals surface area contributed by atoms with Gasteiger partial charge in [0.25, 0.3) is 0 Å². The largest absolute Gasteiger partial charge is 0.462 e. The number of nitriles is 1. The van der Waals surface area contributed by atoms with Crippen LogP contribution < -0.4 is 5.32 Å². The molecule has 1 N–H and O–H groups in total. The number of ether oxygens (including phenoxy) is 2. The Hall–Kier alpha value is -2.33. The Balaban J connectivity index is 2.32. The van der Waals surface area contributed by atoms with Crippen LogP contribution in [0.15, 0.2) is 11.8 Å². The van der Waals surface area contributed by atoms with Crippen LogP contribution in [0.2, 0.25) is 0 Å². The first-order valence-corrected chi connectivity index (χ1v) is 8.79. The predicted molar refractivity (Wildman–Crippen MR) is 90.9 cm³/mol. The maximum atomic E-state index is 12.3. The van der Waals surface area contributed by atoms with Crippen molar-refractivity contribution in [3.8, 4) is 6.07 Å². The topological polar surface area (TPSA) is 88.4 Å². The van der Waals surface area contributed by atoms with Gasteiger partial charge in [-0.3, -0.25) is 0 Å². The highest BCUT2D eigenvalue weighted by Crippen LogP contribution is 2.38. The minimum Gasteiger partial charge on any atom is -0.462 e. The first-order valence-electron chi connectivity index (χ1n) is 7.97. The molecule has 128 valence electrons. The molecule has 0 saturated heterocycles. The number of aryl methyl sites for hydroxylation is 1. The second kappa shape index (κ2) is 8.50. The van der Waals surface area contributed by atoms with Gasteiger partial charge in [-0.2, -0.15) is 5.26 Å². The minimum absolute atomic E-state index is 0.141. The molecule has 0 bridgehead atoms. The number of nitrogens with zero attached hydrogens (tertiary/aromatic N) is 1. The van der Waals surface area contributed by atoms with Gasteiger partial charge in [-0.25, -0.2) is 9.59 Å². The summed E-state index contributed by atoms with van der Waals surface area (Å²) in [6.07, 6.45) is 5.20. The minimum atomic E-state index is -0.688. The number of carbonyl (C=O) groups excluding carboxylic acids is 2. The molecular formula is C17H20N2O4S. The Bertz CT molecular complexity index is 700. The number of rotatable bonds is 6. The van der Waals surface area contributed by atoms with E-state index in [0.717, 1.165) is 36.1 Å². The van der Waals surface area contributed by atoms with Gasteiger partial charge in [-0.1, -0.05) is 0 Å². The maximum absolute atomic E-state index is 12.3. The van der Waals surface area contributed by atoms with Crippen LogP contribution in [0.25, 0.3) is 0 Å². The van der Waals surface area contributed by atoms with Gasteiger partial charge in [-0.05, 0) is 45.1 Å². The van der Waals surface area contributed by atoms with Crippen LogP contribution in [-0.4, -0.2) is 25.2 Å². The fraction of sp³-hybridized carbons (Fsp3) is 0.471. The molecule has 2 rings (SSSR count). The van der Waals surface area contributed by atoms with Crippen molar-refractivity contribution < 1.29 is 19.1 Å². The first kappa shape index (κ1) is 18.0. The van der Waals surface area contributed by atoms with E-state index in [2.05, 4.69) is 5.32 Å². The Morgan fingerprint density at radius 2 is 1.96 bits per heavy atom. The summed E-state index contributed by atoms with van der Waals surface area (Å²) in [6.45, 7) is 3.93. The van der Waals surface area contributed by atoms with Gasteiger partial charge < -0.3 is 14.8 Å². The lowest BCUT2D eigenvalue weighted by Crippen LogP contribution is -2.11. The van der Waals surface area contributed by atoms with Crippen LogP contribution >= 0.6 is 11.3 Å². The fourth-order valence-corrected chi connectivity index (χ4v) is 3.82. The van der Waals surface area contributed by atoms with E-state index < -0.39 is 5.97 Å². The maximum Gasteiger partial charge on any atom is 0.350 e. The third-order valence-electron chi connectivity index (χ3n) is 3.61. The molecule has 1 aliphatic rings. The number of anilines is 1. The Labute approximate surface area is 145 Å². The molecule has 1 aliphatic carbocycles. The summed E-state index contributed by atoms with van der Waals surface area (Å²) in [5.41, 5.74) is 1.40. The van der Waals surface area contributed by atoms with E-state index in [4.69, 9.17) is 14.7 Å². The number of hydrogen-bond acceptors (Lipinski definition) is 7. The molecule has 0 amide bonds. The molecule has 0 fully saturated rings. The molecule has 0 atom stereocenters. The lowest BCUT2D eigenvalue weighted by atomic mass is 9.95. The van der Waals surface area contributed by atoms with Crippen molar-refractivity contribution >= 4 is 28.3 Å². The zero-order valence-electron chi connectivity index (χ0n) is 13.8. The van der Waals surface area contributed by atoms with Gasteiger partial charge in [0.2, 0.25) is 0 Å². The quantitative estimate of drug-likeness (QED) is 0.482. The normalized spacial score (nSPS) is 13.6. The molecule has 0 aromatic carbocycles. The van der Waals surface area contributed by atoms with Gasteiger partial charge in [-0.15, -0.1) is 11.3 Å². The van der Waals surface area contributed by atoms with Gasteiger partial charge in [0.05, 0.1) is 18.8 Å². The fourth-order valence-electron chi connectivity index (χ4n) is 2.57. The average Bonchev–Trinajstić information content (AvgIpc) is 2.94. The van der Waals surface area contributed by atoms with E-state index in [9.17, 15) is 9.59 Å². The van der Waals surface area contributed by atoms with Gasteiger partial charge in [0, 0.05) is 11.1 Å². The van der Waals surface area contributed by atoms with E-state index in [0.29, 0.717) is 17.2 Å². The van der Waals surface area contributed by atoms with Gasteiger partial charge >= 0.3 is 11.9 Å². The predicted octanol–water partition coefficient (Wildman–Crippen LogP) is 3.19. The summed E-state index contributed by atoms with van der Waals surface area (Å²) in [4.78, 5) is 25.1. The molecule has 0 spiro atoms. The van der Waals surface area contributed by atoms with Crippen molar-refractivity contribution in [3.63, 3.8) is 0 Å². The number of fused-ring (bicyclic) bond motifs is 1. The number of thiophene rings is 1. The van der Waals surface area contributed by atoms with Crippen molar-refractivity contribution in [2.75, 3.05) is 18.5 Å². The summed E-state index contributed by atoms with van der Waals surface area (Å²) >= 11 is 1.48. The Morgan fingerprint density at radius 3 is 2.62 bits per heavy atom. The molecule has 7 heteroatoms. The highest BCUT2D eigenvalue weighted by molar-refractivity contribution is 7.16. The molecule has 0 unspecified atom stereocenters. The number of esters is 2. The SMILES string of the molecule is CCOC(=O)/C(C#N)=C\Nc1sc2c(c1C(=O)OCC)CCCC2. The monoisotopic (exact) mass is 348 g/mol. The lowest BCUT2D eigenvalue weighted by Gasteiger charge is -2.12. The number of hydrogen-bond donors (Lipinski definition) is 1. The van der Waals surface area contributed by atoms with Gasteiger partial charge in [0.1, 0.15) is 11.1 Å². The zero-order valence-corrected chi connectivity index (χ0v) is 14.6. The zero-order chi connectivity index (χ0) is 17.5. The summed E-state index contributed by atoms with van der Waals surface area (Å²) in [6, 6.07) is 1.80. The molecule has 1 aromatic rings. The summed E-state index contributed by atoms with van der Waals surface area (Å²) < 4.78 is 9.99. The molecule has 24 heavy (non-hydrogen) atoms. The van der Waals surface area contributed by atoms with Crippen molar-refractivity contribution in [2.24, 2.45) is 0 Å². The van der Waals surface area contributed by atoms with Crippen LogP contribution in [0, 0.1) is 11.3 Å². The van der Waals surface area contributed by atoms with E-state index >= 15 is 0 Å². The Kier molecular flexibility index (Phi) is 6.38. The third kappa shape index (κ3) is 3.95. The smallest absolute Gasteiger partial charge is 0.350 e. The number of carbonyl (C=O) groups is 2. The van der Waals surface area contributed by atoms with Crippen LogP contribution in [0.4, 0.5) is 5.00 Å². The van der Waals surface area contributed by atoms with Crippen molar-refractivity contribution in [2.45, 2.75) is 39.5 Å². The second-order valence-corrected chi connectivity index (χ2v) is 6.28. The van der Waals surface area contributed by atoms with Crippen molar-refractivity contribution in [1.29, 1.82) is 5.26 Å². The van der Waals surface area contributed by atoms with E-state index in [-0.39, 0.29) is 18.1 Å². The molecule has 0 saturated carbocycles. The van der Waals surface area contributed by atoms with E-state index in [1.54, 1.807) is 19.9 Å². The molecule has 1 aromatic heterocycles. The van der Waals surface area contributed by atoms with Crippen LogP contribution in [0.5, 0.6) is 0 Å². The standard InChI is InChI=1S/C17H20N2O4S/c1-3-22-16(20)11(9-18)10-19-15-14(17(21)23-4-2)12-7-5-6-8-13(12)24-15/h10,19H,3-8H2,1-2H3/b11-10-. The van der Waals surface area contributed by atoms with Crippen LogP contribution in [0.1, 0.15) is 47.5 Å². The van der Waals surface area contributed by atoms with E-state index in [1.807, 2.05) is 0 Å². The summed E-state index contributed by atoms with van der Waals surface area (Å²) in [5, 5.41) is 12.6. The highest BCUT2D eigenvalue weighted by atomic mass is 32.1. The van der Waals surface area contributed by atoms with E-state index in [1.165, 1.54) is 17.5 Å². The van der Waals surface area contributed by atoms with Crippen molar-refractivity contribution in [3.05, 3.63) is 27.8 Å².